The summed E-state index contributed by atoms with van der Waals surface area (Å²) in [5, 5.41) is 6.13. The summed E-state index contributed by atoms with van der Waals surface area (Å²) in [5.74, 6) is 0.126. The Hall–Kier alpha value is -1.39. The molecule has 1 amide bonds. The molecular formula is C15H22N2O2. The van der Waals surface area contributed by atoms with Crippen molar-refractivity contribution in [3.8, 4) is 0 Å². The molecule has 1 aliphatic heterocycles. The topological polar surface area (TPSA) is 50.4 Å². The highest BCUT2D eigenvalue weighted by atomic mass is 16.5. The molecule has 1 atom stereocenters. The van der Waals surface area contributed by atoms with Crippen molar-refractivity contribution in [1.29, 1.82) is 0 Å². The van der Waals surface area contributed by atoms with Crippen molar-refractivity contribution < 1.29 is 9.53 Å². The third-order valence-electron chi connectivity index (χ3n) is 3.25. The maximum Gasteiger partial charge on any atom is 0.237 e. The zero-order valence-corrected chi connectivity index (χ0v) is 11.2. The predicted octanol–water partition coefficient (Wildman–Crippen LogP) is 1.46. The van der Waals surface area contributed by atoms with E-state index in [4.69, 9.17) is 4.74 Å². The first kappa shape index (κ1) is 14.0. The third kappa shape index (κ3) is 5.01. The normalized spacial score (nSPS) is 18.4. The van der Waals surface area contributed by atoms with Crippen LogP contribution in [0.3, 0.4) is 0 Å². The molecule has 0 radical (unpaired) electrons. The number of carbonyl (C=O) groups is 1. The third-order valence-corrected chi connectivity index (χ3v) is 3.25. The van der Waals surface area contributed by atoms with Gasteiger partial charge < -0.3 is 15.4 Å². The van der Waals surface area contributed by atoms with Gasteiger partial charge in [-0.2, -0.15) is 0 Å². The molecule has 1 fully saturated rings. The Kier molecular flexibility index (Phi) is 5.85. The Morgan fingerprint density at radius 3 is 2.95 bits per heavy atom. The summed E-state index contributed by atoms with van der Waals surface area (Å²) in [4.78, 5) is 11.7. The number of hydrogen-bond donors (Lipinski definition) is 2. The molecule has 1 aliphatic rings. The van der Waals surface area contributed by atoms with Gasteiger partial charge in [-0.15, -0.1) is 0 Å². The Morgan fingerprint density at radius 2 is 2.21 bits per heavy atom. The van der Waals surface area contributed by atoms with Crippen molar-refractivity contribution in [1.82, 2.24) is 10.6 Å². The van der Waals surface area contributed by atoms with Crippen LogP contribution in [0.2, 0.25) is 0 Å². The monoisotopic (exact) mass is 262 g/mol. The second kappa shape index (κ2) is 7.92. The van der Waals surface area contributed by atoms with Gasteiger partial charge in [-0.1, -0.05) is 30.3 Å². The van der Waals surface area contributed by atoms with E-state index in [0.29, 0.717) is 19.8 Å². The SMILES string of the molecule is O=C(NCCCOCc1ccccc1)[C@H]1CCCN1. The lowest BCUT2D eigenvalue weighted by atomic mass is 10.2. The summed E-state index contributed by atoms with van der Waals surface area (Å²) in [6, 6.07) is 10.1. The van der Waals surface area contributed by atoms with E-state index in [0.717, 1.165) is 25.8 Å². The molecule has 2 N–H and O–H groups in total. The van der Waals surface area contributed by atoms with Crippen LogP contribution in [0.5, 0.6) is 0 Å². The van der Waals surface area contributed by atoms with E-state index >= 15 is 0 Å². The molecule has 4 nitrogen and oxygen atoms in total. The first-order valence-corrected chi connectivity index (χ1v) is 6.99. The largest absolute Gasteiger partial charge is 0.377 e. The number of amides is 1. The van der Waals surface area contributed by atoms with Crippen LogP contribution in [0.25, 0.3) is 0 Å². The van der Waals surface area contributed by atoms with Gasteiger partial charge >= 0.3 is 0 Å². The van der Waals surface area contributed by atoms with Crippen molar-refractivity contribution in [2.75, 3.05) is 19.7 Å². The first-order chi connectivity index (χ1) is 9.36. The average Bonchev–Trinajstić information content (AvgIpc) is 2.98. The molecule has 0 saturated carbocycles. The van der Waals surface area contributed by atoms with Crippen LogP contribution in [-0.4, -0.2) is 31.6 Å². The van der Waals surface area contributed by atoms with Crippen molar-refractivity contribution >= 4 is 5.91 Å². The zero-order chi connectivity index (χ0) is 13.3. The van der Waals surface area contributed by atoms with Crippen LogP contribution < -0.4 is 10.6 Å². The number of benzene rings is 1. The molecular weight excluding hydrogens is 240 g/mol. The number of ether oxygens (including phenoxy) is 1. The van der Waals surface area contributed by atoms with Gasteiger partial charge in [0.15, 0.2) is 0 Å². The Bertz CT molecular complexity index is 375. The highest BCUT2D eigenvalue weighted by molar-refractivity contribution is 5.81. The van der Waals surface area contributed by atoms with Gasteiger partial charge in [-0.05, 0) is 31.4 Å². The minimum Gasteiger partial charge on any atom is -0.377 e. The van der Waals surface area contributed by atoms with Crippen LogP contribution in [0.4, 0.5) is 0 Å². The molecule has 19 heavy (non-hydrogen) atoms. The molecule has 0 spiro atoms. The molecule has 1 aromatic rings. The fourth-order valence-corrected chi connectivity index (χ4v) is 2.18. The fourth-order valence-electron chi connectivity index (χ4n) is 2.18. The van der Waals surface area contributed by atoms with E-state index in [1.165, 1.54) is 5.56 Å². The predicted molar refractivity (Wildman–Crippen MR) is 74.7 cm³/mol. The molecule has 4 heteroatoms. The highest BCUT2D eigenvalue weighted by Crippen LogP contribution is 2.04. The summed E-state index contributed by atoms with van der Waals surface area (Å²) in [7, 11) is 0. The molecule has 1 aromatic carbocycles. The second-order valence-corrected chi connectivity index (χ2v) is 4.83. The standard InChI is InChI=1S/C15H22N2O2/c18-15(14-8-4-9-16-14)17-10-5-11-19-12-13-6-2-1-3-7-13/h1-3,6-7,14,16H,4-5,8-12H2,(H,17,18)/t14-/m1/s1. The van der Waals surface area contributed by atoms with Gasteiger partial charge in [-0.3, -0.25) is 4.79 Å². The summed E-state index contributed by atoms with van der Waals surface area (Å²) in [5.41, 5.74) is 1.18. The van der Waals surface area contributed by atoms with Crippen molar-refractivity contribution in [2.24, 2.45) is 0 Å². The lowest BCUT2D eigenvalue weighted by Crippen LogP contribution is -2.40. The van der Waals surface area contributed by atoms with Gasteiger partial charge in [-0.25, -0.2) is 0 Å². The van der Waals surface area contributed by atoms with E-state index in [1.54, 1.807) is 0 Å². The molecule has 1 heterocycles. The van der Waals surface area contributed by atoms with Crippen LogP contribution in [-0.2, 0) is 16.1 Å². The number of hydrogen-bond acceptors (Lipinski definition) is 3. The van der Waals surface area contributed by atoms with Crippen LogP contribution in [0, 0.1) is 0 Å². The number of carbonyl (C=O) groups excluding carboxylic acids is 1. The quantitative estimate of drug-likeness (QED) is 0.732. The zero-order valence-electron chi connectivity index (χ0n) is 11.2. The van der Waals surface area contributed by atoms with E-state index in [9.17, 15) is 4.79 Å². The summed E-state index contributed by atoms with van der Waals surface area (Å²) >= 11 is 0. The van der Waals surface area contributed by atoms with Crippen molar-refractivity contribution in [2.45, 2.75) is 31.9 Å². The van der Waals surface area contributed by atoms with Crippen molar-refractivity contribution in [3.63, 3.8) is 0 Å². The molecule has 104 valence electrons. The van der Waals surface area contributed by atoms with Crippen LogP contribution in [0.1, 0.15) is 24.8 Å². The van der Waals surface area contributed by atoms with Crippen molar-refractivity contribution in [3.05, 3.63) is 35.9 Å². The second-order valence-electron chi connectivity index (χ2n) is 4.83. The Balaban J connectivity index is 1.49. The minimum absolute atomic E-state index is 0.0187. The van der Waals surface area contributed by atoms with Gasteiger partial charge in [0.05, 0.1) is 12.6 Å². The molecule has 0 aromatic heterocycles. The first-order valence-electron chi connectivity index (χ1n) is 6.99. The summed E-state index contributed by atoms with van der Waals surface area (Å²) in [6.45, 7) is 2.95. The van der Waals surface area contributed by atoms with E-state index in [2.05, 4.69) is 10.6 Å². The van der Waals surface area contributed by atoms with E-state index < -0.39 is 0 Å². The summed E-state index contributed by atoms with van der Waals surface area (Å²) in [6.07, 6.45) is 2.90. The smallest absolute Gasteiger partial charge is 0.237 e. The van der Waals surface area contributed by atoms with Gasteiger partial charge in [0.1, 0.15) is 0 Å². The van der Waals surface area contributed by atoms with E-state index in [-0.39, 0.29) is 11.9 Å². The maximum atomic E-state index is 11.7. The number of nitrogens with one attached hydrogen (secondary N) is 2. The van der Waals surface area contributed by atoms with E-state index in [1.807, 2.05) is 30.3 Å². The lowest BCUT2D eigenvalue weighted by molar-refractivity contribution is -0.122. The molecule has 0 aliphatic carbocycles. The van der Waals surface area contributed by atoms with Gasteiger partial charge in [0.2, 0.25) is 5.91 Å². The lowest BCUT2D eigenvalue weighted by Gasteiger charge is -2.11. The number of rotatable bonds is 7. The van der Waals surface area contributed by atoms with Crippen LogP contribution >= 0.6 is 0 Å². The van der Waals surface area contributed by atoms with Crippen LogP contribution in [0.15, 0.2) is 30.3 Å². The Labute approximate surface area is 114 Å². The molecule has 1 saturated heterocycles. The summed E-state index contributed by atoms with van der Waals surface area (Å²) < 4.78 is 5.56. The van der Waals surface area contributed by atoms with Gasteiger partial charge in [0.25, 0.3) is 0 Å². The highest BCUT2D eigenvalue weighted by Gasteiger charge is 2.20. The molecule has 0 bridgehead atoms. The molecule has 0 unspecified atom stereocenters. The minimum atomic E-state index is 0.0187. The fraction of sp³-hybridized carbons (Fsp3) is 0.533. The maximum absolute atomic E-state index is 11.7. The average molecular weight is 262 g/mol. The van der Waals surface area contributed by atoms with Gasteiger partial charge in [0, 0.05) is 13.2 Å². The Morgan fingerprint density at radius 1 is 1.37 bits per heavy atom. The molecule has 2 rings (SSSR count).